The second-order valence-corrected chi connectivity index (χ2v) is 12.1. The molecule has 0 aliphatic carbocycles. The Hall–Kier alpha value is -0.163. The number of unbranched alkanes of at least 4 members (excludes halogenated alkanes) is 11. The standard InChI is InChI=1S/C24H51NO2Si/c1-7-8-9-10-11-12-13-14-15-16-17-18-19-20-21(26)23(5,25)24(6,28)27-22(2,3)4/h19-21,26H,7-18,25H2,1-6,28H3. The highest BCUT2D eigenvalue weighted by molar-refractivity contribution is 6.15. The van der Waals surface area contributed by atoms with Crippen molar-refractivity contribution in [3.8, 4) is 0 Å². The first kappa shape index (κ1) is 27.8. The number of aliphatic hydroxyl groups excluding tert-OH is 1. The molecule has 4 heteroatoms. The lowest BCUT2D eigenvalue weighted by molar-refractivity contribution is -0.125. The van der Waals surface area contributed by atoms with Crippen molar-refractivity contribution < 1.29 is 9.84 Å². The van der Waals surface area contributed by atoms with E-state index in [1.807, 2.05) is 40.7 Å². The summed E-state index contributed by atoms with van der Waals surface area (Å²) in [6, 6.07) is 0. The minimum Gasteiger partial charge on any atom is -0.387 e. The quantitative estimate of drug-likeness (QED) is 0.207. The van der Waals surface area contributed by atoms with Gasteiger partial charge < -0.3 is 15.6 Å². The summed E-state index contributed by atoms with van der Waals surface area (Å²) >= 11 is 0. The van der Waals surface area contributed by atoms with Crippen LogP contribution in [-0.4, -0.2) is 37.8 Å². The Morgan fingerprint density at radius 3 is 1.71 bits per heavy atom. The van der Waals surface area contributed by atoms with Crippen molar-refractivity contribution in [2.75, 3.05) is 0 Å². The van der Waals surface area contributed by atoms with E-state index in [0.29, 0.717) is 0 Å². The van der Waals surface area contributed by atoms with Crippen molar-refractivity contribution in [1.29, 1.82) is 0 Å². The van der Waals surface area contributed by atoms with E-state index in [1.54, 1.807) is 0 Å². The van der Waals surface area contributed by atoms with Crippen LogP contribution >= 0.6 is 0 Å². The predicted octanol–water partition coefficient (Wildman–Crippen LogP) is 5.22. The van der Waals surface area contributed by atoms with Crippen molar-refractivity contribution in [2.45, 2.75) is 141 Å². The van der Waals surface area contributed by atoms with Gasteiger partial charge in [-0.2, -0.15) is 0 Å². The molecule has 0 saturated heterocycles. The molecule has 0 rings (SSSR count). The molecule has 3 unspecified atom stereocenters. The van der Waals surface area contributed by atoms with Crippen LogP contribution in [0.2, 0.25) is 0 Å². The molecule has 0 radical (unpaired) electrons. The Bertz CT molecular complexity index is 413. The normalized spacial score (nSPS) is 18.3. The maximum atomic E-state index is 10.6. The number of hydrogen-bond donors (Lipinski definition) is 2. The molecule has 3 N–H and O–H groups in total. The molecule has 0 aromatic rings. The molecule has 0 bridgehead atoms. The van der Waals surface area contributed by atoms with Gasteiger partial charge in [-0.1, -0.05) is 83.3 Å². The summed E-state index contributed by atoms with van der Waals surface area (Å²) in [7, 11) is 0.756. The van der Waals surface area contributed by atoms with E-state index in [4.69, 9.17) is 10.5 Å². The molecular formula is C24H51NO2Si. The van der Waals surface area contributed by atoms with Crippen LogP contribution in [-0.2, 0) is 4.74 Å². The Kier molecular flexibility index (Phi) is 13.9. The highest BCUT2D eigenvalue weighted by Gasteiger charge is 2.45. The van der Waals surface area contributed by atoms with Crippen LogP contribution in [0.3, 0.4) is 0 Å². The van der Waals surface area contributed by atoms with Crippen LogP contribution in [0.1, 0.15) is 119 Å². The molecule has 168 valence electrons. The van der Waals surface area contributed by atoms with Gasteiger partial charge >= 0.3 is 0 Å². The largest absolute Gasteiger partial charge is 0.387 e. The third-order valence-corrected chi connectivity index (χ3v) is 7.05. The molecule has 0 amide bonds. The average molecular weight is 414 g/mol. The van der Waals surface area contributed by atoms with Crippen LogP contribution in [0.5, 0.6) is 0 Å². The lowest BCUT2D eigenvalue weighted by Gasteiger charge is -2.47. The van der Waals surface area contributed by atoms with Crippen molar-refractivity contribution >= 4 is 10.2 Å². The molecule has 0 saturated carbocycles. The van der Waals surface area contributed by atoms with E-state index in [1.165, 1.54) is 70.6 Å². The Morgan fingerprint density at radius 2 is 1.29 bits per heavy atom. The fourth-order valence-corrected chi connectivity index (χ4v) is 4.49. The first-order valence-electron chi connectivity index (χ1n) is 11.8. The second-order valence-electron chi connectivity index (χ2n) is 10.2. The highest BCUT2D eigenvalue weighted by Crippen LogP contribution is 2.29. The van der Waals surface area contributed by atoms with Gasteiger partial charge in [-0.3, -0.25) is 0 Å². The number of rotatable bonds is 16. The zero-order chi connectivity index (χ0) is 21.7. The summed E-state index contributed by atoms with van der Waals surface area (Å²) < 4.78 is 6.17. The molecule has 0 aromatic carbocycles. The molecule has 0 heterocycles. The van der Waals surface area contributed by atoms with E-state index in [-0.39, 0.29) is 5.60 Å². The van der Waals surface area contributed by atoms with Gasteiger partial charge in [0.1, 0.15) is 0 Å². The molecule has 28 heavy (non-hydrogen) atoms. The lowest BCUT2D eigenvalue weighted by Crippen LogP contribution is -2.66. The predicted molar refractivity (Wildman–Crippen MR) is 128 cm³/mol. The van der Waals surface area contributed by atoms with Crippen molar-refractivity contribution in [3.63, 3.8) is 0 Å². The van der Waals surface area contributed by atoms with Crippen LogP contribution in [0, 0.1) is 0 Å². The van der Waals surface area contributed by atoms with Crippen LogP contribution in [0.25, 0.3) is 0 Å². The molecule has 0 aliphatic rings. The smallest absolute Gasteiger partial charge is 0.0922 e. The number of hydrogen-bond acceptors (Lipinski definition) is 3. The first-order chi connectivity index (χ1) is 12.9. The topological polar surface area (TPSA) is 55.5 Å². The van der Waals surface area contributed by atoms with Gasteiger partial charge in [-0.25, -0.2) is 0 Å². The third kappa shape index (κ3) is 12.4. The summed E-state index contributed by atoms with van der Waals surface area (Å²) in [6.07, 6.45) is 19.2. The van der Waals surface area contributed by atoms with Crippen LogP contribution < -0.4 is 5.73 Å². The summed E-state index contributed by atoms with van der Waals surface area (Å²) in [5, 5.41) is 10.1. The Labute approximate surface area is 179 Å². The fourth-order valence-electron chi connectivity index (χ4n) is 3.58. The molecule has 0 aliphatic heterocycles. The minimum absolute atomic E-state index is 0.268. The number of aliphatic hydroxyl groups is 1. The van der Waals surface area contributed by atoms with Crippen LogP contribution in [0.4, 0.5) is 0 Å². The van der Waals surface area contributed by atoms with Gasteiger partial charge in [-0.15, -0.1) is 0 Å². The fraction of sp³-hybridized carbons (Fsp3) is 0.917. The van der Waals surface area contributed by atoms with E-state index in [0.717, 1.165) is 16.7 Å². The Balaban J connectivity index is 3.94. The van der Waals surface area contributed by atoms with Gasteiger partial charge in [0.25, 0.3) is 0 Å². The van der Waals surface area contributed by atoms with Gasteiger partial charge in [0.05, 0.1) is 22.5 Å². The number of allylic oxidation sites excluding steroid dienone is 1. The monoisotopic (exact) mass is 413 g/mol. The molecule has 0 spiro atoms. The van der Waals surface area contributed by atoms with Crippen molar-refractivity contribution in [1.82, 2.24) is 0 Å². The number of ether oxygens (including phenoxy) is 1. The van der Waals surface area contributed by atoms with Gasteiger partial charge in [0.15, 0.2) is 0 Å². The second kappa shape index (κ2) is 13.9. The molecule has 3 atom stereocenters. The molecule has 0 aromatic heterocycles. The summed E-state index contributed by atoms with van der Waals surface area (Å²) in [4.78, 5) is 0. The molecule has 3 nitrogen and oxygen atoms in total. The summed E-state index contributed by atoms with van der Waals surface area (Å²) in [5.41, 5.74) is 5.44. The van der Waals surface area contributed by atoms with Crippen LogP contribution in [0.15, 0.2) is 12.2 Å². The maximum absolute atomic E-state index is 10.6. The zero-order valence-electron chi connectivity index (χ0n) is 20.2. The zero-order valence-corrected chi connectivity index (χ0v) is 22.2. The van der Waals surface area contributed by atoms with E-state index in [9.17, 15) is 5.11 Å². The highest BCUT2D eigenvalue weighted by atomic mass is 28.1. The maximum Gasteiger partial charge on any atom is 0.0922 e. The Morgan fingerprint density at radius 1 is 0.857 bits per heavy atom. The lowest BCUT2D eigenvalue weighted by atomic mass is 9.88. The number of nitrogens with two attached hydrogens (primary N) is 1. The van der Waals surface area contributed by atoms with Crippen molar-refractivity contribution in [2.24, 2.45) is 5.73 Å². The first-order valence-corrected chi connectivity index (χ1v) is 12.8. The summed E-state index contributed by atoms with van der Waals surface area (Å²) in [6.45, 7) is 12.3. The minimum atomic E-state index is -0.792. The van der Waals surface area contributed by atoms with Gasteiger partial charge in [-0.05, 0) is 47.5 Å². The van der Waals surface area contributed by atoms with Gasteiger partial charge in [0.2, 0.25) is 0 Å². The average Bonchev–Trinajstić information content (AvgIpc) is 2.56. The van der Waals surface area contributed by atoms with Crippen molar-refractivity contribution in [3.05, 3.63) is 12.2 Å². The third-order valence-electron chi connectivity index (χ3n) is 5.77. The SMILES string of the molecule is CCCCCCCCCCCCCC=CC(O)C(C)(N)C(C)([SiH3])OC(C)(C)C. The van der Waals surface area contributed by atoms with Gasteiger partial charge in [0, 0.05) is 10.2 Å². The van der Waals surface area contributed by atoms with E-state index in [2.05, 4.69) is 13.0 Å². The summed E-state index contributed by atoms with van der Waals surface area (Å²) in [5.74, 6) is 0. The molecule has 0 fully saturated rings. The van der Waals surface area contributed by atoms with E-state index < -0.39 is 16.9 Å². The molecular weight excluding hydrogens is 362 g/mol. The van der Waals surface area contributed by atoms with E-state index >= 15 is 0 Å².